The predicted octanol–water partition coefficient (Wildman–Crippen LogP) is 2.32. The SMILES string of the molecule is CCC(CO)(CNC(=O)OC(C)(C)C)CC(C)OC. The van der Waals surface area contributed by atoms with Crippen molar-refractivity contribution >= 4 is 6.09 Å². The zero-order valence-corrected chi connectivity index (χ0v) is 13.1. The summed E-state index contributed by atoms with van der Waals surface area (Å²) in [5.74, 6) is 0. The van der Waals surface area contributed by atoms with E-state index in [-0.39, 0.29) is 18.1 Å². The van der Waals surface area contributed by atoms with Gasteiger partial charge in [0.2, 0.25) is 0 Å². The number of carbonyl (C=O) groups is 1. The van der Waals surface area contributed by atoms with Crippen LogP contribution in [0.4, 0.5) is 4.79 Å². The van der Waals surface area contributed by atoms with Gasteiger partial charge in [-0.25, -0.2) is 4.79 Å². The average Bonchev–Trinajstić information content (AvgIpc) is 2.32. The molecule has 0 radical (unpaired) electrons. The molecular formula is C14H29NO4. The Hall–Kier alpha value is -0.810. The second-order valence-corrected chi connectivity index (χ2v) is 6.12. The van der Waals surface area contributed by atoms with Crippen molar-refractivity contribution in [3.05, 3.63) is 0 Å². The van der Waals surface area contributed by atoms with Crippen molar-refractivity contribution in [3.8, 4) is 0 Å². The van der Waals surface area contributed by atoms with E-state index in [0.29, 0.717) is 13.0 Å². The molecule has 19 heavy (non-hydrogen) atoms. The Labute approximate surface area is 116 Å². The van der Waals surface area contributed by atoms with E-state index in [1.165, 1.54) is 0 Å². The topological polar surface area (TPSA) is 67.8 Å². The molecule has 0 aliphatic heterocycles. The number of nitrogens with one attached hydrogen (secondary N) is 1. The molecule has 2 unspecified atom stereocenters. The first kappa shape index (κ1) is 18.2. The lowest BCUT2D eigenvalue weighted by atomic mass is 9.80. The fourth-order valence-corrected chi connectivity index (χ4v) is 1.84. The Morgan fingerprint density at radius 1 is 1.37 bits per heavy atom. The summed E-state index contributed by atoms with van der Waals surface area (Å²) in [5, 5.41) is 12.4. The molecule has 0 aromatic heterocycles. The van der Waals surface area contributed by atoms with Gasteiger partial charge in [0.25, 0.3) is 0 Å². The number of amides is 1. The van der Waals surface area contributed by atoms with Gasteiger partial charge in [0, 0.05) is 19.1 Å². The van der Waals surface area contributed by atoms with Crippen LogP contribution < -0.4 is 5.32 Å². The van der Waals surface area contributed by atoms with E-state index in [9.17, 15) is 9.90 Å². The summed E-state index contributed by atoms with van der Waals surface area (Å²) in [4.78, 5) is 11.6. The molecular weight excluding hydrogens is 246 g/mol. The third-order valence-electron chi connectivity index (χ3n) is 3.21. The van der Waals surface area contributed by atoms with Gasteiger partial charge in [-0.2, -0.15) is 0 Å². The van der Waals surface area contributed by atoms with Gasteiger partial charge in [-0.1, -0.05) is 6.92 Å². The second-order valence-electron chi connectivity index (χ2n) is 6.12. The highest BCUT2D eigenvalue weighted by atomic mass is 16.6. The van der Waals surface area contributed by atoms with Crippen LogP contribution in [0.3, 0.4) is 0 Å². The molecule has 0 saturated heterocycles. The van der Waals surface area contributed by atoms with E-state index in [4.69, 9.17) is 9.47 Å². The molecule has 0 saturated carbocycles. The molecule has 0 heterocycles. The maximum Gasteiger partial charge on any atom is 0.407 e. The quantitative estimate of drug-likeness (QED) is 0.748. The number of hydrogen-bond donors (Lipinski definition) is 2. The van der Waals surface area contributed by atoms with Crippen LogP contribution in [0, 0.1) is 5.41 Å². The van der Waals surface area contributed by atoms with Crippen LogP contribution in [0.2, 0.25) is 0 Å². The van der Waals surface area contributed by atoms with Crippen molar-refractivity contribution < 1.29 is 19.4 Å². The van der Waals surface area contributed by atoms with Crippen LogP contribution >= 0.6 is 0 Å². The number of hydrogen-bond acceptors (Lipinski definition) is 4. The minimum Gasteiger partial charge on any atom is -0.444 e. The molecule has 114 valence electrons. The standard InChI is InChI=1S/C14H29NO4/c1-7-14(10-16,8-11(2)18-6)9-15-12(17)19-13(3,4)5/h11,16H,7-10H2,1-6H3,(H,15,17). The summed E-state index contributed by atoms with van der Waals surface area (Å²) in [6.07, 6.45) is 1.02. The lowest BCUT2D eigenvalue weighted by Crippen LogP contribution is -2.43. The Bertz CT molecular complexity index is 269. The van der Waals surface area contributed by atoms with Gasteiger partial charge in [0.05, 0.1) is 12.7 Å². The van der Waals surface area contributed by atoms with Crippen molar-refractivity contribution in [1.29, 1.82) is 0 Å². The second kappa shape index (κ2) is 7.70. The molecule has 0 aromatic rings. The molecule has 0 fully saturated rings. The van der Waals surface area contributed by atoms with Gasteiger partial charge < -0.3 is 19.9 Å². The molecule has 0 aliphatic carbocycles. The van der Waals surface area contributed by atoms with Crippen LogP contribution in [0.25, 0.3) is 0 Å². The van der Waals surface area contributed by atoms with Crippen LogP contribution in [0.1, 0.15) is 47.5 Å². The molecule has 5 nitrogen and oxygen atoms in total. The zero-order chi connectivity index (χ0) is 15.1. The van der Waals surface area contributed by atoms with Gasteiger partial charge >= 0.3 is 6.09 Å². The minimum absolute atomic E-state index is 0.00694. The fraction of sp³-hybridized carbons (Fsp3) is 0.929. The molecule has 1 amide bonds. The van der Waals surface area contributed by atoms with E-state index < -0.39 is 11.7 Å². The summed E-state index contributed by atoms with van der Waals surface area (Å²) in [7, 11) is 1.64. The average molecular weight is 275 g/mol. The van der Waals surface area contributed by atoms with Gasteiger partial charge in [0.15, 0.2) is 0 Å². The summed E-state index contributed by atoms with van der Waals surface area (Å²) in [5.41, 5.74) is -0.885. The molecule has 5 heteroatoms. The summed E-state index contributed by atoms with van der Waals surface area (Å²) in [6, 6.07) is 0. The van der Waals surface area contributed by atoms with Crippen molar-refractivity contribution in [3.63, 3.8) is 0 Å². The first-order valence-electron chi connectivity index (χ1n) is 6.78. The van der Waals surface area contributed by atoms with Crippen LogP contribution in [-0.4, -0.2) is 43.2 Å². The molecule has 0 bridgehead atoms. The molecule has 2 atom stereocenters. The maximum atomic E-state index is 11.6. The van der Waals surface area contributed by atoms with Crippen molar-refractivity contribution in [1.82, 2.24) is 5.32 Å². The normalized spacial score (nSPS) is 16.6. The summed E-state index contributed by atoms with van der Waals surface area (Å²) >= 11 is 0. The molecule has 0 aromatic carbocycles. The van der Waals surface area contributed by atoms with Crippen molar-refractivity contribution in [2.45, 2.75) is 59.2 Å². The minimum atomic E-state index is -0.516. The number of rotatable bonds is 7. The van der Waals surface area contributed by atoms with E-state index >= 15 is 0 Å². The zero-order valence-electron chi connectivity index (χ0n) is 13.1. The van der Waals surface area contributed by atoms with Crippen molar-refractivity contribution in [2.24, 2.45) is 5.41 Å². The number of ether oxygens (including phenoxy) is 2. The fourth-order valence-electron chi connectivity index (χ4n) is 1.84. The van der Waals surface area contributed by atoms with Crippen LogP contribution in [0.5, 0.6) is 0 Å². The Morgan fingerprint density at radius 3 is 2.32 bits per heavy atom. The first-order valence-corrected chi connectivity index (χ1v) is 6.78. The third kappa shape index (κ3) is 7.38. The van der Waals surface area contributed by atoms with E-state index in [1.807, 2.05) is 34.6 Å². The van der Waals surface area contributed by atoms with Crippen LogP contribution in [0.15, 0.2) is 0 Å². The largest absolute Gasteiger partial charge is 0.444 e. The van der Waals surface area contributed by atoms with Gasteiger partial charge in [0.1, 0.15) is 5.60 Å². The molecule has 0 aliphatic rings. The lowest BCUT2D eigenvalue weighted by Gasteiger charge is -2.33. The number of methoxy groups -OCH3 is 1. The summed E-state index contributed by atoms with van der Waals surface area (Å²) in [6.45, 7) is 9.79. The van der Waals surface area contributed by atoms with Gasteiger partial charge in [-0.05, 0) is 40.5 Å². The van der Waals surface area contributed by atoms with Gasteiger partial charge in [-0.15, -0.1) is 0 Å². The highest BCUT2D eigenvalue weighted by Crippen LogP contribution is 2.27. The molecule has 2 N–H and O–H groups in total. The van der Waals surface area contributed by atoms with E-state index in [0.717, 1.165) is 6.42 Å². The van der Waals surface area contributed by atoms with Gasteiger partial charge in [-0.3, -0.25) is 0 Å². The first-order chi connectivity index (χ1) is 8.68. The number of aliphatic hydroxyl groups is 1. The van der Waals surface area contributed by atoms with Crippen LogP contribution in [-0.2, 0) is 9.47 Å². The lowest BCUT2D eigenvalue weighted by molar-refractivity contribution is 0.0213. The Kier molecular flexibility index (Phi) is 7.37. The third-order valence-corrected chi connectivity index (χ3v) is 3.21. The number of aliphatic hydroxyl groups excluding tert-OH is 1. The monoisotopic (exact) mass is 275 g/mol. The van der Waals surface area contributed by atoms with E-state index in [1.54, 1.807) is 7.11 Å². The smallest absolute Gasteiger partial charge is 0.407 e. The molecule has 0 rings (SSSR count). The molecule has 0 spiro atoms. The van der Waals surface area contributed by atoms with Crippen molar-refractivity contribution in [2.75, 3.05) is 20.3 Å². The maximum absolute atomic E-state index is 11.6. The Balaban J connectivity index is 4.47. The number of carbonyl (C=O) groups excluding carboxylic acids is 1. The Morgan fingerprint density at radius 2 is 1.95 bits per heavy atom. The summed E-state index contributed by atoms with van der Waals surface area (Å²) < 4.78 is 10.4. The number of alkyl carbamates (subject to hydrolysis) is 1. The predicted molar refractivity (Wildman–Crippen MR) is 75.1 cm³/mol. The highest BCUT2D eigenvalue weighted by Gasteiger charge is 2.31. The van der Waals surface area contributed by atoms with E-state index in [2.05, 4.69) is 5.32 Å². The highest BCUT2D eigenvalue weighted by molar-refractivity contribution is 5.67.